The van der Waals surface area contributed by atoms with Gasteiger partial charge in [-0.3, -0.25) is 19.1 Å². The summed E-state index contributed by atoms with van der Waals surface area (Å²) >= 11 is 0. The van der Waals surface area contributed by atoms with Crippen molar-refractivity contribution >= 4 is 11.6 Å². The smallest absolute Gasteiger partial charge is 0.257 e. The van der Waals surface area contributed by atoms with Gasteiger partial charge in [0.05, 0.1) is 19.0 Å². The van der Waals surface area contributed by atoms with Crippen LogP contribution >= 0.6 is 0 Å². The summed E-state index contributed by atoms with van der Waals surface area (Å²) < 4.78 is 6.54. The summed E-state index contributed by atoms with van der Waals surface area (Å²) in [6.45, 7) is 3.10. The van der Waals surface area contributed by atoms with Crippen LogP contribution in [0.4, 0.5) is 5.69 Å². The van der Waals surface area contributed by atoms with E-state index in [2.05, 4.69) is 20.3 Å². The van der Waals surface area contributed by atoms with Crippen LogP contribution in [-0.4, -0.2) is 44.2 Å². The van der Waals surface area contributed by atoms with Crippen molar-refractivity contribution in [1.29, 1.82) is 0 Å². The molecule has 0 spiro atoms. The number of carbonyl (C=O) groups excluding carboxylic acids is 1. The third kappa shape index (κ3) is 4.52. The molecule has 0 saturated heterocycles. The van der Waals surface area contributed by atoms with Gasteiger partial charge in [0, 0.05) is 36.7 Å². The number of hydrogen-bond acceptors (Lipinski definition) is 7. The van der Waals surface area contributed by atoms with Crippen LogP contribution in [0.2, 0.25) is 0 Å². The molecule has 0 bridgehead atoms. The van der Waals surface area contributed by atoms with Gasteiger partial charge in [0.15, 0.2) is 5.82 Å². The van der Waals surface area contributed by atoms with E-state index in [0.717, 1.165) is 5.56 Å². The largest absolute Gasteiger partial charge is 0.495 e. The SMILES string of the molecule is COc1ccc(C)cc1NC(=O)Cn1c(-c2cnccn2)nc(C)c(CCO)c1=O. The number of methoxy groups -OCH3 is 1. The summed E-state index contributed by atoms with van der Waals surface area (Å²) in [5.74, 6) is 0.323. The molecule has 1 aromatic carbocycles. The minimum Gasteiger partial charge on any atom is -0.495 e. The zero-order chi connectivity index (χ0) is 21.7. The molecule has 2 aromatic heterocycles. The van der Waals surface area contributed by atoms with E-state index in [9.17, 15) is 14.7 Å². The molecule has 2 N–H and O–H groups in total. The average molecular weight is 409 g/mol. The Morgan fingerprint density at radius 2 is 2.07 bits per heavy atom. The first-order valence-corrected chi connectivity index (χ1v) is 9.36. The van der Waals surface area contributed by atoms with Crippen molar-refractivity contribution in [2.24, 2.45) is 0 Å². The molecule has 156 valence electrons. The second-order valence-electron chi connectivity index (χ2n) is 6.71. The maximum atomic E-state index is 13.1. The van der Waals surface area contributed by atoms with E-state index in [1.807, 2.05) is 13.0 Å². The van der Waals surface area contributed by atoms with Crippen LogP contribution in [-0.2, 0) is 17.8 Å². The van der Waals surface area contributed by atoms with Crippen LogP contribution in [0.3, 0.4) is 0 Å². The standard InChI is InChI=1S/C21H23N5O4/c1-13-4-5-18(30-3)16(10-13)25-19(28)12-26-20(17-11-22-7-8-23-17)24-14(2)15(6-9-27)21(26)29/h4-5,7-8,10-11,27H,6,9,12H2,1-3H3,(H,25,28). The second kappa shape index (κ2) is 9.27. The quantitative estimate of drug-likeness (QED) is 0.607. The first kappa shape index (κ1) is 21.1. The van der Waals surface area contributed by atoms with E-state index in [0.29, 0.717) is 28.4 Å². The number of amides is 1. The fourth-order valence-corrected chi connectivity index (χ4v) is 3.11. The summed E-state index contributed by atoms with van der Waals surface area (Å²) in [4.78, 5) is 38.6. The third-order valence-corrected chi connectivity index (χ3v) is 4.55. The van der Waals surface area contributed by atoms with Gasteiger partial charge in [-0.15, -0.1) is 0 Å². The third-order valence-electron chi connectivity index (χ3n) is 4.55. The molecule has 0 radical (unpaired) electrons. The Balaban J connectivity index is 2.02. The number of hydrogen-bond donors (Lipinski definition) is 2. The number of nitrogens with one attached hydrogen (secondary N) is 1. The molecule has 0 aliphatic heterocycles. The molecule has 0 aliphatic rings. The summed E-state index contributed by atoms with van der Waals surface area (Å²) in [6, 6.07) is 5.42. The number of aliphatic hydroxyl groups excluding tert-OH is 1. The van der Waals surface area contributed by atoms with E-state index in [1.54, 1.807) is 19.1 Å². The lowest BCUT2D eigenvalue weighted by atomic mass is 10.1. The molecule has 0 saturated carbocycles. The van der Waals surface area contributed by atoms with Crippen LogP contribution in [0.5, 0.6) is 5.75 Å². The number of anilines is 1. The van der Waals surface area contributed by atoms with E-state index in [-0.39, 0.29) is 25.4 Å². The number of rotatable bonds is 7. The fourth-order valence-electron chi connectivity index (χ4n) is 3.11. The van der Waals surface area contributed by atoms with E-state index in [4.69, 9.17) is 4.74 Å². The maximum Gasteiger partial charge on any atom is 0.257 e. The predicted molar refractivity (Wildman–Crippen MR) is 111 cm³/mol. The van der Waals surface area contributed by atoms with Crippen LogP contribution in [0, 0.1) is 13.8 Å². The number of aliphatic hydroxyl groups is 1. The Kier molecular flexibility index (Phi) is 6.53. The Labute approximate surface area is 173 Å². The van der Waals surface area contributed by atoms with Crippen molar-refractivity contribution in [3.8, 4) is 17.3 Å². The number of nitrogens with zero attached hydrogens (tertiary/aromatic N) is 4. The van der Waals surface area contributed by atoms with Gasteiger partial charge in [-0.05, 0) is 31.5 Å². The minimum atomic E-state index is -0.424. The molecule has 9 nitrogen and oxygen atoms in total. The summed E-state index contributed by atoms with van der Waals surface area (Å²) in [5, 5.41) is 12.1. The molecule has 0 aliphatic carbocycles. The van der Waals surface area contributed by atoms with Crippen molar-refractivity contribution in [2.45, 2.75) is 26.8 Å². The highest BCUT2D eigenvalue weighted by Gasteiger charge is 2.19. The minimum absolute atomic E-state index is 0.145. The Hall–Kier alpha value is -3.59. The maximum absolute atomic E-state index is 13.1. The number of aromatic nitrogens is 4. The molecular weight excluding hydrogens is 386 g/mol. The topological polar surface area (TPSA) is 119 Å². The zero-order valence-electron chi connectivity index (χ0n) is 17.0. The molecule has 1 amide bonds. The summed E-state index contributed by atoms with van der Waals surface area (Å²) in [5.41, 5.74) is 2.26. The van der Waals surface area contributed by atoms with Crippen molar-refractivity contribution in [2.75, 3.05) is 19.0 Å². The van der Waals surface area contributed by atoms with Crippen molar-refractivity contribution < 1.29 is 14.6 Å². The van der Waals surface area contributed by atoms with Gasteiger partial charge in [-0.25, -0.2) is 9.97 Å². The van der Waals surface area contributed by atoms with Gasteiger partial charge in [0.1, 0.15) is 18.0 Å². The summed E-state index contributed by atoms with van der Waals surface area (Å²) in [6.07, 6.45) is 4.62. The molecule has 3 aromatic rings. The Morgan fingerprint density at radius 3 is 2.73 bits per heavy atom. The zero-order valence-corrected chi connectivity index (χ0v) is 17.0. The molecule has 3 rings (SSSR count). The van der Waals surface area contributed by atoms with Gasteiger partial charge in [0.25, 0.3) is 5.56 Å². The molecule has 9 heteroatoms. The van der Waals surface area contributed by atoms with Crippen molar-refractivity contribution in [3.05, 3.63) is 64.0 Å². The van der Waals surface area contributed by atoms with Crippen molar-refractivity contribution in [3.63, 3.8) is 0 Å². The normalized spacial score (nSPS) is 10.7. The Bertz CT molecular complexity index is 1110. The van der Waals surface area contributed by atoms with Gasteiger partial charge in [-0.1, -0.05) is 6.07 Å². The number of carbonyl (C=O) groups is 1. The molecule has 2 heterocycles. The lowest BCUT2D eigenvalue weighted by Crippen LogP contribution is -2.33. The number of aryl methyl sites for hydroxylation is 2. The van der Waals surface area contributed by atoms with Crippen LogP contribution in [0.1, 0.15) is 16.8 Å². The highest BCUT2D eigenvalue weighted by molar-refractivity contribution is 5.92. The lowest BCUT2D eigenvalue weighted by molar-refractivity contribution is -0.116. The monoisotopic (exact) mass is 409 g/mol. The lowest BCUT2D eigenvalue weighted by Gasteiger charge is -2.16. The first-order valence-electron chi connectivity index (χ1n) is 9.36. The van der Waals surface area contributed by atoms with Gasteiger partial charge in [0.2, 0.25) is 5.91 Å². The van der Waals surface area contributed by atoms with Gasteiger partial charge in [-0.2, -0.15) is 0 Å². The Morgan fingerprint density at radius 1 is 1.27 bits per heavy atom. The highest BCUT2D eigenvalue weighted by atomic mass is 16.5. The van der Waals surface area contributed by atoms with E-state index >= 15 is 0 Å². The molecular formula is C21H23N5O4. The van der Waals surface area contributed by atoms with Crippen LogP contribution in [0.25, 0.3) is 11.5 Å². The molecule has 0 unspecified atom stereocenters. The average Bonchev–Trinajstić information content (AvgIpc) is 2.74. The van der Waals surface area contributed by atoms with Crippen LogP contribution < -0.4 is 15.6 Å². The number of ether oxygens (including phenoxy) is 1. The highest BCUT2D eigenvalue weighted by Crippen LogP contribution is 2.25. The molecule has 0 fully saturated rings. The van der Waals surface area contributed by atoms with Gasteiger partial charge < -0.3 is 15.2 Å². The second-order valence-corrected chi connectivity index (χ2v) is 6.71. The molecule has 0 atom stereocenters. The van der Waals surface area contributed by atoms with Crippen molar-refractivity contribution in [1.82, 2.24) is 19.5 Å². The number of benzene rings is 1. The fraction of sp³-hybridized carbons (Fsp3) is 0.286. The van der Waals surface area contributed by atoms with Gasteiger partial charge >= 0.3 is 0 Å². The predicted octanol–water partition coefficient (Wildman–Crippen LogP) is 1.50. The van der Waals surface area contributed by atoms with E-state index < -0.39 is 11.5 Å². The molecule has 30 heavy (non-hydrogen) atoms. The first-order chi connectivity index (χ1) is 14.4. The van der Waals surface area contributed by atoms with Crippen LogP contribution in [0.15, 0.2) is 41.6 Å². The van der Waals surface area contributed by atoms with E-state index in [1.165, 1.54) is 30.3 Å². The summed E-state index contributed by atoms with van der Waals surface area (Å²) in [7, 11) is 1.52.